The van der Waals surface area contributed by atoms with Gasteiger partial charge in [-0.05, 0) is 18.1 Å². The summed E-state index contributed by atoms with van der Waals surface area (Å²) in [7, 11) is 0. The average Bonchev–Trinajstić information content (AvgIpc) is 1.83. The number of nitrogens with two attached hydrogens (primary N) is 1. The van der Waals surface area contributed by atoms with Gasteiger partial charge in [-0.3, -0.25) is 0 Å². The minimum atomic E-state index is 0.398. The van der Waals surface area contributed by atoms with Gasteiger partial charge < -0.3 is 11.1 Å². The topological polar surface area (TPSA) is 38.0 Å². The van der Waals surface area contributed by atoms with E-state index in [0.29, 0.717) is 11.0 Å². The van der Waals surface area contributed by atoms with Gasteiger partial charge in [0, 0.05) is 6.54 Å². The minimum Gasteiger partial charge on any atom is -0.376 e. The van der Waals surface area contributed by atoms with Gasteiger partial charge in [0.1, 0.15) is 0 Å². The van der Waals surface area contributed by atoms with Gasteiger partial charge in [-0.1, -0.05) is 20.3 Å². The summed E-state index contributed by atoms with van der Waals surface area (Å²) in [4.78, 5) is 0. The summed E-state index contributed by atoms with van der Waals surface area (Å²) in [5.41, 5.74) is 5.22. The summed E-state index contributed by atoms with van der Waals surface area (Å²) >= 11 is 4.63. The lowest BCUT2D eigenvalue weighted by atomic mass is 10.1. The van der Waals surface area contributed by atoms with Crippen LogP contribution in [-0.4, -0.2) is 11.7 Å². The molecule has 1 atom stereocenters. The smallest absolute Gasteiger partial charge is 0.163 e. The van der Waals surface area contributed by atoms with Crippen molar-refractivity contribution in [2.24, 2.45) is 11.7 Å². The van der Waals surface area contributed by atoms with Crippen LogP contribution in [0.4, 0.5) is 0 Å². The van der Waals surface area contributed by atoms with Crippen LogP contribution in [0.1, 0.15) is 20.3 Å². The number of nitrogens with one attached hydrogen (secondary N) is 1. The lowest BCUT2D eigenvalue weighted by Gasteiger charge is -2.08. The van der Waals surface area contributed by atoms with Crippen molar-refractivity contribution in [2.75, 3.05) is 6.54 Å². The lowest BCUT2D eigenvalue weighted by molar-refractivity contribution is 0.549. The van der Waals surface area contributed by atoms with Crippen LogP contribution < -0.4 is 11.1 Å². The highest BCUT2D eigenvalue weighted by atomic mass is 32.1. The predicted molar refractivity (Wildman–Crippen MR) is 44.2 cm³/mol. The Bertz CT molecular complexity index is 93.1. The number of hydrogen-bond donors (Lipinski definition) is 2. The third-order valence-corrected chi connectivity index (χ3v) is 1.47. The Morgan fingerprint density at radius 2 is 2.33 bits per heavy atom. The maximum atomic E-state index is 5.22. The molecule has 0 aliphatic rings. The van der Waals surface area contributed by atoms with E-state index in [-0.39, 0.29) is 0 Å². The number of thiocarbonyl (C=S) groups is 1. The second-order valence-corrected chi connectivity index (χ2v) is 2.70. The maximum Gasteiger partial charge on any atom is 0.163 e. The summed E-state index contributed by atoms with van der Waals surface area (Å²) < 4.78 is 0. The fourth-order valence-corrected chi connectivity index (χ4v) is 0.502. The zero-order valence-electron chi connectivity index (χ0n) is 5.98. The molecular formula is C6H14N2S. The Morgan fingerprint density at radius 3 is 2.67 bits per heavy atom. The molecule has 3 N–H and O–H groups in total. The lowest BCUT2D eigenvalue weighted by Crippen LogP contribution is -2.32. The van der Waals surface area contributed by atoms with Gasteiger partial charge in [-0.2, -0.15) is 0 Å². The summed E-state index contributed by atoms with van der Waals surface area (Å²) in [5, 5.41) is 3.30. The molecule has 0 saturated heterocycles. The van der Waals surface area contributed by atoms with Crippen LogP contribution in [0, 0.1) is 5.92 Å². The van der Waals surface area contributed by atoms with Crippen molar-refractivity contribution in [1.29, 1.82) is 0 Å². The molecule has 0 rings (SSSR count). The Morgan fingerprint density at radius 1 is 1.78 bits per heavy atom. The van der Waals surface area contributed by atoms with Crippen molar-refractivity contribution in [2.45, 2.75) is 20.3 Å². The molecule has 2 nitrogen and oxygen atoms in total. The fourth-order valence-electron chi connectivity index (χ4n) is 0.419. The molecule has 54 valence electrons. The summed E-state index contributed by atoms with van der Waals surface area (Å²) in [6, 6.07) is 0. The summed E-state index contributed by atoms with van der Waals surface area (Å²) in [6.45, 7) is 5.20. The number of hydrogen-bond acceptors (Lipinski definition) is 1. The largest absolute Gasteiger partial charge is 0.376 e. The first-order valence-corrected chi connectivity index (χ1v) is 3.61. The van der Waals surface area contributed by atoms with Crippen LogP contribution in [0.3, 0.4) is 0 Å². The first-order valence-electron chi connectivity index (χ1n) is 3.20. The van der Waals surface area contributed by atoms with Crippen LogP contribution in [0.2, 0.25) is 0 Å². The van der Waals surface area contributed by atoms with Crippen molar-refractivity contribution < 1.29 is 0 Å². The molecule has 0 aromatic carbocycles. The standard InChI is InChI=1S/C6H14N2S/c1-3-5(2)4-8-6(7)9/h5H,3-4H2,1-2H3,(H3,7,8,9). The second kappa shape index (κ2) is 4.56. The van der Waals surface area contributed by atoms with Crippen molar-refractivity contribution in [3.63, 3.8) is 0 Å². The third kappa shape index (κ3) is 5.56. The molecule has 1 unspecified atom stereocenters. The van der Waals surface area contributed by atoms with E-state index < -0.39 is 0 Å². The van der Waals surface area contributed by atoms with Gasteiger partial charge in [-0.15, -0.1) is 0 Å². The van der Waals surface area contributed by atoms with E-state index in [9.17, 15) is 0 Å². The van der Waals surface area contributed by atoms with E-state index in [1.807, 2.05) is 0 Å². The monoisotopic (exact) mass is 146 g/mol. The zero-order chi connectivity index (χ0) is 7.28. The highest BCUT2D eigenvalue weighted by Crippen LogP contribution is 1.96. The predicted octanol–water partition coefficient (Wildman–Crippen LogP) is 0.866. The SMILES string of the molecule is CCC(C)CNC(N)=S. The molecule has 0 aliphatic carbocycles. The van der Waals surface area contributed by atoms with E-state index in [4.69, 9.17) is 5.73 Å². The van der Waals surface area contributed by atoms with Gasteiger partial charge in [0.15, 0.2) is 5.11 Å². The van der Waals surface area contributed by atoms with E-state index in [2.05, 4.69) is 31.4 Å². The molecule has 0 aromatic heterocycles. The van der Waals surface area contributed by atoms with Crippen LogP contribution in [-0.2, 0) is 0 Å². The molecule has 0 bridgehead atoms. The molecule has 0 heterocycles. The Hall–Kier alpha value is -0.310. The molecule has 0 fully saturated rings. The van der Waals surface area contributed by atoms with Crippen LogP contribution in [0.25, 0.3) is 0 Å². The molecular weight excluding hydrogens is 132 g/mol. The van der Waals surface area contributed by atoms with E-state index >= 15 is 0 Å². The average molecular weight is 146 g/mol. The van der Waals surface area contributed by atoms with E-state index in [0.717, 1.165) is 13.0 Å². The van der Waals surface area contributed by atoms with Gasteiger partial charge in [0.05, 0.1) is 0 Å². The molecule has 0 saturated carbocycles. The maximum absolute atomic E-state index is 5.22. The summed E-state index contributed by atoms with van der Waals surface area (Å²) in [5.74, 6) is 0.659. The van der Waals surface area contributed by atoms with E-state index in [1.165, 1.54) is 0 Å². The third-order valence-electron chi connectivity index (χ3n) is 1.32. The van der Waals surface area contributed by atoms with Crippen molar-refractivity contribution in [3.8, 4) is 0 Å². The fraction of sp³-hybridized carbons (Fsp3) is 0.833. The normalized spacial score (nSPS) is 12.7. The van der Waals surface area contributed by atoms with Gasteiger partial charge in [-0.25, -0.2) is 0 Å². The Balaban J connectivity index is 3.16. The number of rotatable bonds is 3. The van der Waals surface area contributed by atoms with Crippen molar-refractivity contribution >= 4 is 17.3 Å². The van der Waals surface area contributed by atoms with Crippen molar-refractivity contribution in [1.82, 2.24) is 5.32 Å². The molecule has 9 heavy (non-hydrogen) atoms. The van der Waals surface area contributed by atoms with E-state index in [1.54, 1.807) is 0 Å². The molecule has 0 aromatic rings. The highest BCUT2D eigenvalue weighted by molar-refractivity contribution is 7.80. The minimum absolute atomic E-state index is 0.398. The first-order chi connectivity index (χ1) is 4.16. The Kier molecular flexibility index (Phi) is 4.40. The quantitative estimate of drug-likeness (QED) is 0.580. The van der Waals surface area contributed by atoms with Crippen LogP contribution in [0.5, 0.6) is 0 Å². The molecule has 0 aliphatic heterocycles. The highest BCUT2D eigenvalue weighted by Gasteiger charge is 1.96. The first kappa shape index (κ1) is 8.69. The molecule has 3 heteroatoms. The zero-order valence-corrected chi connectivity index (χ0v) is 6.79. The summed E-state index contributed by atoms with van der Waals surface area (Å²) in [6.07, 6.45) is 1.16. The second-order valence-electron chi connectivity index (χ2n) is 2.26. The van der Waals surface area contributed by atoms with Gasteiger partial charge >= 0.3 is 0 Å². The van der Waals surface area contributed by atoms with Crippen LogP contribution >= 0.6 is 12.2 Å². The van der Waals surface area contributed by atoms with Gasteiger partial charge in [0.25, 0.3) is 0 Å². The van der Waals surface area contributed by atoms with Crippen molar-refractivity contribution in [3.05, 3.63) is 0 Å². The molecule has 0 amide bonds. The molecule has 0 radical (unpaired) electrons. The van der Waals surface area contributed by atoms with Gasteiger partial charge in [0.2, 0.25) is 0 Å². The van der Waals surface area contributed by atoms with Crippen LogP contribution in [0.15, 0.2) is 0 Å². The Labute approximate surface area is 61.8 Å². The molecule has 0 spiro atoms.